The molecule has 37 heavy (non-hydrogen) atoms. The Morgan fingerprint density at radius 3 is 2.24 bits per heavy atom. The second kappa shape index (κ2) is 10.8. The minimum absolute atomic E-state index is 0.0370. The molecule has 0 saturated carbocycles. The van der Waals surface area contributed by atoms with Crippen LogP contribution in [0.25, 0.3) is 11.1 Å². The maximum atomic E-state index is 13.6. The van der Waals surface area contributed by atoms with Crippen molar-refractivity contribution in [3.63, 3.8) is 0 Å². The Morgan fingerprint density at radius 2 is 1.57 bits per heavy atom. The number of halogens is 4. The van der Waals surface area contributed by atoms with Crippen LogP contribution in [0.4, 0.5) is 17.6 Å². The monoisotopic (exact) mass is 514 g/mol. The van der Waals surface area contributed by atoms with Crippen molar-refractivity contribution in [2.45, 2.75) is 6.18 Å². The molecule has 3 aromatic rings. The van der Waals surface area contributed by atoms with Crippen LogP contribution in [0.2, 0.25) is 0 Å². The number of alkyl halides is 3. The van der Waals surface area contributed by atoms with E-state index in [1.165, 1.54) is 11.1 Å². The summed E-state index contributed by atoms with van der Waals surface area (Å²) in [7, 11) is 0. The van der Waals surface area contributed by atoms with Crippen LogP contribution < -0.4 is 5.32 Å². The highest BCUT2D eigenvalue weighted by Gasteiger charge is 2.37. The molecule has 0 unspecified atom stereocenters. The number of nitrogens with zero attached hydrogens (tertiary/aromatic N) is 3. The second-order valence-electron chi connectivity index (χ2n) is 8.31. The number of aromatic nitrogens is 1. The van der Waals surface area contributed by atoms with Gasteiger partial charge in [-0.1, -0.05) is 36.4 Å². The Bertz CT molecular complexity index is 1310. The molecule has 0 spiro atoms. The molecule has 2 heterocycles. The normalized spacial score (nSPS) is 13.8. The molecule has 1 aromatic heterocycles. The molecule has 0 aliphatic carbocycles. The van der Waals surface area contributed by atoms with Crippen LogP contribution in [-0.2, 0) is 11.0 Å². The maximum Gasteiger partial charge on any atom is 0.417 e. The Hall–Kier alpha value is -4.28. The van der Waals surface area contributed by atoms with Crippen molar-refractivity contribution in [1.82, 2.24) is 20.1 Å². The van der Waals surface area contributed by atoms with Crippen LogP contribution in [0.1, 0.15) is 26.4 Å². The minimum Gasteiger partial charge on any atom is -0.342 e. The summed E-state index contributed by atoms with van der Waals surface area (Å²) >= 11 is 0. The van der Waals surface area contributed by atoms with Crippen LogP contribution in [-0.4, -0.2) is 65.2 Å². The van der Waals surface area contributed by atoms with Crippen molar-refractivity contribution in [1.29, 1.82) is 0 Å². The lowest BCUT2D eigenvalue weighted by Gasteiger charge is -2.35. The van der Waals surface area contributed by atoms with Crippen LogP contribution in [0.3, 0.4) is 0 Å². The zero-order chi connectivity index (χ0) is 26.6. The minimum atomic E-state index is -4.82. The van der Waals surface area contributed by atoms with Crippen LogP contribution in [0.15, 0.2) is 66.9 Å². The highest BCUT2D eigenvalue weighted by molar-refractivity contribution is 6.00. The number of nitrogens with one attached hydrogen (secondary N) is 1. The fourth-order valence-corrected chi connectivity index (χ4v) is 4.06. The Labute approximate surface area is 209 Å². The third-order valence-electron chi connectivity index (χ3n) is 5.94. The smallest absolute Gasteiger partial charge is 0.342 e. The van der Waals surface area contributed by atoms with Gasteiger partial charge in [0.25, 0.3) is 11.8 Å². The van der Waals surface area contributed by atoms with Gasteiger partial charge >= 0.3 is 6.18 Å². The second-order valence-corrected chi connectivity index (χ2v) is 8.31. The zero-order valence-corrected chi connectivity index (χ0v) is 19.5. The first kappa shape index (κ1) is 25.8. The third kappa shape index (κ3) is 5.93. The SMILES string of the molecule is O=C(NCC(=O)N1CCN(C(=O)c2cc(F)ccc2C(F)(F)F)CC1)c1ncccc1-c1ccccc1. The molecule has 1 saturated heterocycles. The molecule has 3 amide bonds. The van der Waals surface area contributed by atoms with Gasteiger partial charge in [0, 0.05) is 37.9 Å². The highest BCUT2D eigenvalue weighted by Crippen LogP contribution is 2.33. The van der Waals surface area contributed by atoms with Gasteiger partial charge in [-0.05, 0) is 29.8 Å². The van der Waals surface area contributed by atoms with Crippen LogP contribution in [0.5, 0.6) is 0 Å². The quantitative estimate of drug-likeness (QED) is 0.528. The van der Waals surface area contributed by atoms with Crippen molar-refractivity contribution in [3.8, 4) is 11.1 Å². The van der Waals surface area contributed by atoms with E-state index in [1.807, 2.05) is 30.3 Å². The van der Waals surface area contributed by atoms with E-state index in [4.69, 9.17) is 0 Å². The van der Waals surface area contributed by atoms with E-state index in [0.29, 0.717) is 23.8 Å². The summed E-state index contributed by atoms with van der Waals surface area (Å²) in [4.78, 5) is 44.8. The number of carbonyl (C=O) groups is 3. The van der Waals surface area contributed by atoms with Gasteiger partial charge < -0.3 is 15.1 Å². The molecule has 0 radical (unpaired) electrons. The summed E-state index contributed by atoms with van der Waals surface area (Å²) in [5.74, 6) is -2.87. The van der Waals surface area contributed by atoms with Crippen molar-refractivity contribution in [2.24, 2.45) is 0 Å². The number of hydrogen-bond donors (Lipinski definition) is 1. The molecule has 192 valence electrons. The molecule has 1 aliphatic rings. The number of hydrogen-bond acceptors (Lipinski definition) is 4. The van der Waals surface area contributed by atoms with Gasteiger partial charge in [0.15, 0.2) is 0 Å². The molecule has 4 rings (SSSR count). The largest absolute Gasteiger partial charge is 0.417 e. The van der Waals surface area contributed by atoms with Gasteiger partial charge in [-0.15, -0.1) is 0 Å². The Morgan fingerprint density at radius 1 is 0.892 bits per heavy atom. The average molecular weight is 514 g/mol. The fraction of sp³-hybridized carbons (Fsp3) is 0.231. The fourth-order valence-electron chi connectivity index (χ4n) is 4.06. The number of piperazine rings is 1. The van der Waals surface area contributed by atoms with E-state index in [9.17, 15) is 31.9 Å². The summed E-state index contributed by atoms with van der Waals surface area (Å²) in [6.45, 7) is -0.291. The molecule has 0 atom stereocenters. The van der Waals surface area contributed by atoms with E-state index >= 15 is 0 Å². The first-order valence-electron chi connectivity index (χ1n) is 11.4. The summed E-state index contributed by atoms with van der Waals surface area (Å²) in [6.07, 6.45) is -3.34. The number of rotatable bonds is 5. The number of amides is 3. The van der Waals surface area contributed by atoms with Gasteiger partial charge in [-0.3, -0.25) is 19.4 Å². The molecular formula is C26H22F4N4O3. The molecule has 0 bridgehead atoms. The lowest BCUT2D eigenvalue weighted by Crippen LogP contribution is -2.52. The van der Waals surface area contributed by atoms with Crippen molar-refractivity contribution in [2.75, 3.05) is 32.7 Å². The predicted molar refractivity (Wildman–Crippen MR) is 126 cm³/mol. The van der Waals surface area contributed by atoms with E-state index in [2.05, 4.69) is 10.3 Å². The Balaban J connectivity index is 1.35. The van der Waals surface area contributed by atoms with Gasteiger partial charge in [0.2, 0.25) is 5.91 Å². The van der Waals surface area contributed by atoms with Crippen molar-refractivity contribution >= 4 is 17.7 Å². The lowest BCUT2D eigenvalue weighted by atomic mass is 10.0. The molecule has 1 fully saturated rings. The first-order chi connectivity index (χ1) is 17.6. The highest BCUT2D eigenvalue weighted by atomic mass is 19.4. The third-order valence-corrected chi connectivity index (χ3v) is 5.94. The van der Waals surface area contributed by atoms with E-state index in [1.54, 1.807) is 12.1 Å². The molecule has 1 aliphatic heterocycles. The summed E-state index contributed by atoms with van der Waals surface area (Å²) in [6, 6.07) is 14.4. The topological polar surface area (TPSA) is 82.6 Å². The molecular weight excluding hydrogens is 492 g/mol. The molecule has 7 nitrogen and oxygen atoms in total. The maximum absolute atomic E-state index is 13.6. The molecule has 2 aromatic carbocycles. The summed E-state index contributed by atoms with van der Waals surface area (Å²) in [5, 5.41) is 2.56. The lowest BCUT2D eigenvalue weighted by molar-refractivity contribution is -0.138. The number of benzene rings is 2. The van der Waals surface area contributed by atoms with Crippen LogP contribution in [0, 0.1) is 5.82 Å². The Kier molecular flexibility index (Phi) is 7.51. The molecule has 1 N–H and O–H groups in total. The standard InChI is InChI=1S/C26H22F4N4O3/c27-18-8-9-21(26(28,29)30)20(15-18)25(37)34-13-11-33(12-14-34)22(35)16-32-24(36)23-19(7-4-10-31-23)17-5-2-1-3-6-17/h1-10,15H,11-14,16H2,(H,32,36). The van der Waals surface area contributed by atoms with Crippen molar-refractivity contribution in [3.05, 3.63) is 89.5 Å². The summed E-state index contributed by atoms with van der Waals surface area (Å²) in [5.41, 5.74) is -0.434. The van der Waals surface area contributed by atoms with Gasteiger partial charge in [-0.2, -0.15) is 13.2 Å². The van der Waals surface area contributed by atoms with E-state index in [0.717, 1.165) is 10.5 Å². The van der Waals surface area contributed by atoms with Gasteiger partial charge in [0.1, 0.15) is 11.5 Å². The van der Waals surface area contributed by atoms with Crippen LogP contribution >= 0.6 is 0 Å². The number of carbonyl (C=O) groups excluding carboxylic acids is 3. The first-order valence-corrected chi connectivity index (χ1v) is 11.4. The zero-order valence-electron chi connectivity index (χ0n) is 19.5. The van der Waals surface area contributed by atoms with E-state index in [-0.39, 0.29) is 38.4 Å². The predicted octanol–water partition coefficient (Wildman–Crippen LogP) is 3.62. The van der Waals surface area contributed by atoms with Gasteiger partial charge in [0.05, 0.1) is 17.7 Å². The summed E-state index contributed by atoms with van der Waals surface area (Å²) < 4.78 is 53.4. The van der Waals surface area contributed by atoms with Crippen molar-refractivity contribution < 1.29 is 31.9 Å². The van der Waals surface area contributed by atoms with Gasteiger partial charge in [-0.25, -0.2) is 4.39 Å². The van der Waals surface area contributed by atoms with E-state index < -0.39 is 40.8 Å². The average Bonchev–Trinajstić information content (AvgIpc) is 2.91. The number of pyridine rings is 1. The molecule has 11 heteroatoms.